The van der Waals surface area contributed by atoms with Crippen LogP contribution in [0.5, 0.6) is 0 Å². The minimum Gasteiger partial charge on any atom is -0.469 e. The Morgan fingerprint density at radius 3 is 2.57 bits per heavy atom. The summed E-state index contributed by atoms with van der Waals surface area (Å²) in [5, 5.41) is 3.39. The number of nitrogens with one attached hydrogen (secondary N) is 1. The predicted octanol–water partition coefficient (Wildman–Crippen LogP) is 2.80. The van der Waals surface area contributed by atoms with Crippen LogP contribution in [-0.2, 0) is 27.2 Å². The van der Waals surface area contributed by atoms with E-state index < -0.39 is 6.04 Å². The number of methoxy groups -OCH3 is 1. The van der Waals surface area contributed by atoms with Gasteiger partial charge in [-0.3, -0.25) is 9.59 Å². The summed E-state index contributed by atoms with van der Waals surface area (Å²) in [6.45, 7) is 1.84. The third-order valence-corrected chi connectivity index (χ3v) is 6.66. The monoisotopic (exact) mass is 413 g/mol. The minimum atomic E-state index is -0.597. The van der Waals surface area contributed by atoms with Crippen molar-refractivity contribution in [3.05, 3.63) is 29.3 Å². The number of esters is 1. The third-order valence-electron chi connectivity index (χ3n) is 6.66. The molecule has 0 spiro atoms. The number of nitrogens with zero attached hydrogens (tertiary/aromatic N) is 2. The van der Waals surface area contributed by atoms with Gasteiger partial charge in [0, 0.05) is 12.5 Å². The van der Waals surface area contributed by atoms with Gasteiger partial charge in [-0.15, -0.1) is 0 Å². The second kappa shape index (κ2) is 9.16. The van der Waals surface area contributed by atoms with E-state index in [9.17, 15) is 14.4 Å². The van der Waals surface area contributed by atoms with Gasteiger partial charge in [-0.1, -0.05) is 25.3 Å². The minimum absolute atomic E-state index is 0.0628. The molecule has 0 bridgehead atoms. The molecule has 1 aromatic carbocycles. The van der Waals surface area contributed by atoms with Crippen LogP contribution in [0.25, 0.3) is 0 Å². The lowest BCUT2D eigenvalue weighted by molar-refractivity contribution is -0.141. The van der Waals surface area contributed by atoms with E-state index in [1.54, 1.807) is 4.90 Å². The Balaban J connectivity index is 1.63. The second-order valence-corrected chi connectivity index (χ2v) is 8.49. The quantitative estimate of drug-likeness (QED) is 0.593. The molecule has 1 aromatic rings. The van der Waals surface area contributed by atoms with Gasteiger partial charge in [0.1, 0.15) is 6.04 Å². The van der Waals surface area contributed by atoms with Gasteiger partial charge in [-0.25, -0.2) is 9.69 Å². The van der Waals surface area contributed by atoms with Gasteiger partial charge in [0.2, 0.25) is 0 Å². The fourth-order valence-electron chi connectivity index (χ4n) is 5.04. The van der Waals surface area contributed by atoms with Crippen LogP contribution in [0.4, 0.5) is 10.5 Å². The van der Waals surface area contributed by atoms with E-state index in [0.717, 1.165) is 51.6 Å². The Labute approximate surface area is 177 Å². The first-order valence-corrected chi connectivity index (χ1v) is 11.2. The Hall–Kier alpha value is -2.41. The van der Waals surface area contributed by atoms with E-state index in [-0.39, 0.29) is 30.4 Å². The molecule has 30 heavy (non-hydrogen) atoms. The molecule has 1 N–H and O–H groups in total. The fraction of sp³-hybridized carbons (Fsp3) is 0.609. The molecule has 7 nitrogen and oxygen atoms in total. The van der Waals surface area contributed by atoms with Crippen molar-refractivity contribution >= 4 is 23.6 Å². The van der Waals surface area contributed by atoms with Crippen molar-refractivity contribution in [1.82, 2.24) is 10.2 Å². The van der Waals surface area contributed by atoms with Gasteiger partial charge < -0.3 is 15.0 Å². The number of carbonyl (C=O) groups is 3. The molecule has 3 aliphatic rings. The van der Waals surface area contributed by atoms with E-state index in [2.05, 4.69) is 5.32 Å². The lowest BCUT2D eigenvalue weighted by atomic mass is 9.93. The van der Waals surface area contributed by atoms with Crippen molar-refractivity contribution in [3.8, 4) is 0 Å². The first-order valence-electron chi connectivity index (χ1n) is 11.2. The van der Waals surface area contributed by atoms with Gasteiger partial charge in [-0.2, -0.15) is 0 Å². The standard InChI is InChI=1S/C23H31N3O4/c1-30-21(27)10-9-20-22(28)26(23(29)25(20)18-5-3-2-4-6-18)19-8-7-16-11-13-24-14-12-17(16)15-19/h7-8,15,18,20,24H,2-6,9-14H2,1H3. The number of urea groups is 1. The van der Waals surface area contributed by atoms with E-state index in [0.29, 0.717) is 12.1 Å². The third kappa shape index (κ3) is 4.08. The molecule has 2 heterocycles. The van der Waals surface area contributed by atoms with Crippen molar-refractivity contribution in [3.63, 3.8) is 0 Å². The summed E-state index contributed by atoms with van der Waals surface area (Å²) < 4.78 is 4.77. The van der Waals surface area contributed by atoms with E-state index >= 15 is 0 Å². The number of imide groups is 1. The number of anilines is 1. The predicted molar refractivity (Wildman–Crippen MR) is 113 cm³/mol. The van der Waals surface area contributed by atoms with Gasteiger partial charge in [0.05, 0.1) is 12.8 Å². The summed E-state index contributed by atoms with van der Waals surface area (Å²) in [4.78, 5) is 41.7. The molecular formula is C23H31N3O4. The molecule has 1 saturated heterocycles. The number of amides is 3. The summed E-state index contributed by atoms with van der Waals surface area (Å²) in [5.74, 6) is -0.573. The maximum atomic E-state index is 13.5. The van der Waals surface area contributed by atoms with E-state index in [1.165, 1.54) is 29.6 Å². The molecule has 0 radical (unpaired) electrons. The maximum absolute atomic E-state index is 13.5. The van der Waals surface area contributed by atoms with Crippen LogP contribution < -0.4 is 10.2 Å². The van der Waals surface area contributed by atoms with Gasteiger partial charge in [0.25, 0.3) is 5.91 Å². The maximum Gasteiger partial charge on any atom is 0.332 e. The van der Waals surface area contributed by atoms with Gasteiger partial charge in [-0.05, 0) is 68.5 Å². The first kappa shape index (κ1) is 20.8. The highest BCUT2D eigenvalue weighted by molar-refractivity contribution is 6.21. The number of ether oxygens (including phenoxy) is 1. The molecule has 1 unspecified atom stereocenters. The summed E-state index contributed by atoms with van der Waals surface area (Å²) >= 11 is 0. The Morgan fingerprint density at radius 2 is 1.83 bits per heavy atom. The van der Waals surface area contributed by atoms with Crippen LogP contribution in [-0.4, -0.2) is 55.1 Å². The Kier molecular flexibility index (Phi) is 6.37. The molecule has 1 aliphatic carbocycles. The zero-order valence-corrected chi connectivity index (χ0v) is 17.7. The normalized spacial score (nSPS) is 22.8. The largest absolute Gasteiger partial charge is 0.469 e. The summed E-state index contributed by atoms with van der Waals surface area (Å²) in [6.07, 6.45) is 7.41. The van der Waals surface area contributed by atoms with Crippen LogP contribution in [0.2, 0.25) is 0 Å². The highest BCUT2D eigenvalue weighted by Crippen LogP contribution is 2.34. The van der Waals surface area contributed by atoms with Crippen LogP contribution in [0.15, 0.2) is 18.2 Å². The highest BCUT2D eigenvalue weighted by atomic mass is 16.5. The fourth-order valence-corrected chi connectivity index (χ4v) is 5.04. The van der Waals surface area contributed by atoms with Crippen molar-refractivity contribution in [2.75, 3.05) is 25.1 Å². The number of carbonyl (C=O) groups excluding carboxylic acids is 3. The van der Waals surface area contributed by atoms with Crippen LogP contribution >= 0.6 is 0 Å². The number of rotatable bonds is 5. The lowest BCUT2D eigenvalue weighted by Gasteiger charge is -2.33. The van der Waals surface area contributed by atoms with Gasteiger partial charge >= 0.3 is 12.0 Å². The topological polar surface area (TPSA) is 79.0 Å². The first-order chi connectivity index (χ1) is 14.6. The number of hydrogen-bond donors (Lipinski definition) is 1. The highest BCUT2D eigenvalue weighted by Gasteiger charge is 2.48. The Morgan fingerprint density at radius 1 is 1.10 bits per heavy atom. The molecule has 3 amide bonds. The van der Waals surface area contributed by atoms with Crippen molar-refractivity contribution in [2.24, 2.45) is 0 Å². The van der Waals surface area contributed by atoms with Crippen LogP contribution in [0.3, 0.4) is 0 Å². The van der Waals surface area contributed by atoms with Crippen LogP contribution in [0.1, 0.15) is 56.1 Å². The smallest absolute Gasteiger partial charge is 0.332 e. The van der Waals surface area contributed by atoms with Crippen molar-refractivity contribution in [2.45, 2.75) is 69.9 Å². The molecule has 2 aliphatic heterocycles. The van der Waals surface area contributed by atoms with Crippen molar-refractivity contribution < 1.29 is 19.1 Å². The van der Waals surface area contributed by atoms with Crippen molar-refractivity contribution in [1.29, 1.82) is 0 Å². The van der Waals surface area contributed by atoms with Gasteiger partial charge in [0.15, 0.2) is 0 Å². The molecule has 162 valence electrons. The zero-order valence-electron chi connectivity index (χ0n) is 17.7. The van der Waals surface area contributed by atoms with E-state index in [4.69, 9.17) is 4.74 Å². The molecule has 7 heteroatoms. The SMILES string of the molecule is COC(=O)CCC1C(=O)N(c2ccc3c(c2)CCNCC3)C(=O)N1C1CCCCC1. The molecule has 0 aromatic heterocycles. The van der Waals surface area contributed by atoms with E-state index in [1.807, 2.05) is 18.2 Å². The number of fused-ring (bicyclic) bond motifs is 1. The zero-order chi connectivity index (χ0) is 21.1. The second-order valence-electron chi connectivity index (χ2n) is 8.49. The molecule has 4 rings (SSSR count). The van der Waals surface area contributed by atoms with Crippen LogP contribution in [0, 0.1) is 0 Å². The molecular weight excluding hydrogens is 382 g/mol. The summed E-state index contributed by atoms with van der Waals surface area (Å²) in [6, 6.07) is 5.16. The summed E-state index contributed by atoms with van der Waals surface area (Å²) in [7, 11) is 1.35. The Bertz CT molecular complexity index is 819. The number of benzene rings is 1. The molecule has 2 fully saturated rings. The average molecular weight is 414 g/mol. The number of hydrogen-bond acceptors (Lipinski definition) is 5. The molecule has 1 atom stereocenters. The molecule has 1 saturated carbocycles. The average Bonchev–Trinajstić information content (AvgIpc) is 2.91. The summed E-state index contributed by atoms with van der Waals surface area (Å²) in [5.41, 5.74) is 3.11. The lowest BCUT2D eigenvalue weighted by Crippen LogP contribution is -2.44.